The topological polar surface area (TPSA) is 38.9 Å². The van der Waals surface area contributed by atoms with Gasteiger partial charge in [-0.3, -0.25) is 0 Å². The average molecular weight is 299 g/mol. The van der Waals surface area contributed by atoms with Gasteiger partial charge in [-0.25, -0.2) is 9.37 Å². The Balaban J connectivity index is 0.00000180. The molecule has 0 saturated carbocycles. The number of nitrogens with two attached hydrogens (primary N) is 1. The third-order valence-corrected chi connectivity index (χ3v) is 3.73. The van der Waals surface area contributed by atoms with Crippen LogP contribution < -0.4 is 5.73 Å². The first kappa shape index (κ1) is 16.0. The second kappa shape index (κ2) is 6.89. The van der Waals surface area contributed by atoms with Gasteiger partial charge >= 0.3 is 0 Å². The van der Waals surface area contributed by atoms with Crippen molar-refractivity contribution < 1.29 is 4.39 Å². The fourth-order valence-electron chi connectivity index (χ4n) is 1.55. The van der Waals surface area contributed by atoms with Gasteiger partial charge < -0.3 is 5.73 Å². The Morgan fingerprint density at radius 1 is 1.26 bits per heavy atom. The summed E-state index contributed by atoms with van der Waals surface area (Å²) in [7, 11) is 0. The Morgan fingerprint density at radius 3 is 2.42 bits per heavy atom. The maximum Gasteiger partial charge on any atom is 0.123 e. The second-order valence-corrected chi connectivity index (χ2v) is 5.30. The van der Waals surface area contributed by atoms with Gasteiger partial charge in [0.2, 0.25) is 0 Å². The summed E-state index contributed by atoms with van der Waals surface area (Å²) in [5.74, 6) is -0.226. The highest BCUT2D eigenvalue weighted by molar-refractivity contribution is 7.99. The molecule has 0 amide bonds. The fourth-order valence-corrected chi connectivity index (χ4v) is 2.37. The summed E-state index contributed by atoms with van der Waals surface area (Å²) in [6, 6.07) is 8.44. The summed E-state index contributed by atoms with van der Waals surface area (Å²) in [5, 5.41) is 0.922. The van der Waals surface area contributed by atoms with Crippen LogP contribution in [0.4, 0.5) is 4.39 Å². The van der Waals surface area contributed by atoms with Crippen LogP contribution in [0.3, 0.4) is 0 Å². The summed E-state index contributed by atoms with van der Waals surface area (Å²) >= 11 is 1.52. The molecule has 1 atom stereocenters. The van der Waals surface area contributed by atoms with Crippen LogP contribution in [0.5, 0.6) is 0 Å². The molecule has 2 N–H and O–H groups in total. The molecule has 0 bridgehead atoms. The number of rotatable bonds is 3. The van der Waals surface area contributed by atoms with E-state index in [-0.39, 0.29) is 24.3 Å². The number of hydrogen-bond acceptors (Lipinski definition) is 3. The first-order valence-corrected chi connectivity index (χ1v) is 6.53. The standard InChI is InChI=1S/C14H15FN2S.ClH/c1-9-7-11(10(2)16)8-17-14(9)18-13-5-3-12(15)4-6-13;/h3-8,10H,16H2,1-2H3;1H. The molecule has 2 rings (SSSR count). The third kappa shape index (κ3) is 4.20. The number of aromatic nitrogens is 1. The van der Waals surface area contributed by atoms with Crippen LogP contribution in [-0.4, -0.2) is 4.98 Å². The van der Waals surface area contributed by atoms with Gasteiger partial charge in [0.25, 0.3) is 0 Å². The number of benzene rings is 1. The summed E-state index contributed by atoms with van der Waals surface area (Å²) < 4.78 is 12.8. The molecule has 102 valence electrons. The van der Waals surface area contributed by atoms with E-state index in [1.54, 1.807) is 18.3 Å². The highest BCUT2D eigenvalue weighted by Crippen LogP contribution is 2.29. The predicted molar refractivity (Wildman–Crippen MR) is 79.3 cm³/mol. The molecule has 1 aromatic carbocycles. The van der Waals surface area contributed by atoms with Crippen molar-refractivity contribution in [2.75, 3.05) is 0 Å². The molecule has 1 unspecified atom stereocenters. The molecule has 2 nitrogen and oxygen atoms in total. The van der Waals surface area contributed by atoms with Crippen LogP contribution in [0.1, 0.15) is 24.1 Å². The summed E-state index contributed by atoms with van der Waals surface area (Å²) in [6.45, 7) is 3.94. The molecule has 0 aliphatic heterocycles. The zero-order valence-electron chi connectivity index (χ0n) is 10.8. The maximum absolute atomic E-state index is 12.8. The van der Waals surface area contributed by atoms with Gasteiger partial charge in [-0.2, -0.15) is 0 Å². The van der Waals surface area contributed by atoms with E-state index in [9.17, 15) is 4.39 Å². The lowest BCUT2D eigenvalue weighted by Crippen LogP contribution is -2.06. The van der Waals surface area contributed by atoms with E-state index in [0.29, 0.717) is 0 Å². The minimum atomic E-state index is -0.226. The molecule has 0 aliphatic rings. The van der Waals surface area contributed by atoms with Crippen molar-refractivity contribution in [2.24, 2.45) is 5.73 Å². The Labute approximate surface area is 123 Å². The molecule has 0 spiro atoms. The molecule has 19 heavy (non-hydrogen) atoms. The molecular formula is C14H16ClFN2S. The predicted octanol–water partition coefficient (Wildman–Crippen LogP) is 4.12. The average Bonchev–Trinajstić information content (AvgIpc) is 2.34. The molecule has 1 heterocycles. The van der Waals surface area contributed by atoms with E-state index in [1.165, 1.54) is 23.9 Å². The van der Waals surface area contributed by atoms with Crippen molar-refractivity contribution in [3.05, 3.63) is 53.5 Å². The Hall–Kier alpha value is -1.10. The smallest absolute Gasteiger partial charge is 0.123 e. The zero-order chi connectivity index (χ0) is 13.1. The third-order valence-electron chi connectivity index (χ3n) is 2.61. The van der Waals surface area contributed by atoms with E-state index in [0.717, 1.165) is 21.0 Å². The van der Waals surface area contributed by atoms with Crippen molar-refractivity contribution in [3.63, 3.8) is 0 Å². The lowest BCUT2D eigenvalue weighted by atomic mass is 10.1. The van der Waals surface area contributed by atoms with Crippen LogP contribution in [0.25, 0.3) is 0 Å². The lowest BCUT2D eigenvalue weighted by molar-refractivity contribution is 0.626. The van der Waals surface area contributed by atoms with E-state index < -0.39 is 0 Å². The van der Waals surface area contributed by atoms with Gasteiger partial charge in [0.05, 0.1) is 0 Å². The number of hydrogen-bond donors (Lipinski definition) is 1. The van der Waals surface area contributed by atoms with E-state index >= 15 is 0 Å². The molecule has 0 radical (unpaired) electrons. The molecule has 0 fully saturated rings. The number of pyridine rings is 1. The Kier molecular flexibility index (Phi) is 5.79. The van der Waals surface area contributed by atoms with Gasteiger partial charge in [0, 0.05) is 17.1 Å². The van der Waals surface area contributed by atoms with Crippen molar-refractivity contribution >= 4 is 24.2 Å². The van der Waals surface area contributed by atoms with Gasteiger partial charge in [0.1, 0.15) is 10.8 Å². The van der Waals surface area contributed by atoms with Crippen molar-refractivity contribution in [3.8, 4) is 0 Å². The van der Waals surface area contributed by atoms with Crippen molar-refractivity contribution in [2.45, 2.75) is 29.8 Å². The van der Waals surface area contributed by atoms with Crippen LogP contribution in [0.2, 0.25) is 0 Å². The van der Waals surface area contributed by atoms with Crippen LogP contribution >= 0.6 is 24.2 Å². The quantitative estimate of drug-likeness (QED) is 0.926. The lowest BCUT2D eigenvalue weighted by Gasteiger charge is -2.09. The Bertz CT molecular complexity index is 544. The van der Waals surface area contributed by atoms with Crippen LogP contribution in [0.15, 0.2) is 46.5 Å². The highest BCUT2D eigenvalue weighted by Gasteiger charge is 2.06. The van der Waals surface area contributed by atoms with Gasteiger partial charge in [0.15, 0.2) is 0 Å². The zero-order valence-corrected chi connectivity index (χ0v) is 12.4. The van der Waals surface area contributed by atoms with Gasteiger partial charge in [-0.05, 0) is 49.2 Å². The summed E-state index contributed by atoms with van der Waals surface area (Å²) in [5.41, 5.74) is 7.92. The highest BCUT2D eigenvalue weighted by atomic mass is 35.5. The number of halogens is 2. The molecule has 0 saturated heterocycles. The van der Waals surface area contributed by atoms with E-state index in [1.807, 2.05) is 19.9 Å². The number of aryl methyl sites for hydroxylation is 1. The Morgan fingerprint density at radius 2 is 1.89 bits per heavy atom. The minimum Gasteiger partial charge on any atom is -0.324 e. The van der Waals surface area contributed by atoms with Gasteiger partial charge in [-0.1, -0.05) is 17.8 Å². The van der Waals surface area contributed by atoms with E-state index in [2.05, 4.69) is 4.98 Å². The first-order chi connectivity index (χ1) is 8.56. The largest absolute Gasteiger partial charge is 0.324 e. The normalized spacial score (nSPS) is 11.8. The second-order valence-electron chi connectivity index (χ2n) is 4.24. The first-order valence-electron chi connectivity index (χ1n) is 5.72. The summed E-state index contributed by atoms with van der Waals surface area (Å²) in [4.78, 5) is 5.38. The monoisotopic (exact) mass is 298 g/mol. The van der Waals surface area contributed by atoms with Crippen molar-refractivity contribution in [1.82, 2.24) is 4.98 Å². The molecule has 0 aliphatic carbocycles. The minimum absolute atomic E-state index is 0. The molecule has 2 aromatic rings. The fraction of sp³-hybridized carbons (Fsp3) is 0.214. The summed E-state index contributed by atoms with van der Waals surface area (Å²) in [6.07, 6.45) is 1.80. The number of nitrogens with zero attached hydrogens (tertiary/aromatic N) is 1. The molecule has 1 aromatic heterocycles. The SMILES string of the molecule is Cc1cc(C(C)N)cnc1Sc1ccc(F)cc1.Cl. The van der Waals surface area contributed by atoms with Gasteiger partial charge in [-0.15, -0.1) is 12.4 Å². The van der Waals surface area contributed by atoms with Crippen LogP contribution in [-0.2, 0) is 0 Å². The van der Waals surface area contributed by atoms with Crippen molar-refractivity contribution in [1.29, 1.82) is 0 Å². The molecule has 5 heteroatoms. The molecular weight excluding hydrogens is 283 g/mol. The maximum atomic E-state index is 12.8. The van der Waals surface area contributed by atoms with E-state index in [4.69, 9.17) is 5.73 Å². The van der Waals surface area contributed by atoms with Crippen LogP contribution in [0, 0.1) is 12.7 Å².